The van der Waals surface area contributed by atoms with Gasteiger partial charge in [0, 0.05) is 38.7 Å². The van der Waals surface area contributed by atoms with Crippen molar-refractivity contribution in [3.05, 3.63) is 35.9 Å². The van der Waals surface area contributed by atoms with Crippen LogP contribution in [0, 0.1) is 0 Å². The summed E-state index contributed by atoms with van der Waals surface area (Å²) >= 11 is 0. The molecule has 0 bridgehead atoms. The molecule has 1 fully saturated rings. The fourth-order valence-corrected chi connectivity index (χ4v) is 2.43. The largest absolute Gasteiger partial charge is 0.340 e. The van der Waals surface area contributed by atoms with Gasteiger partial charge in [-0.05, 0) is 6.92 Å². The average molecular weight is 260 g/mol. The van der Waals surface area contributed by atoms with Crippen molar-refractivity contribution in [1.29, 1.82) is 0 Å². The highest BCUT2D eigenvalue weighted by molar-refractivity contribution is 5.99. The van der Waals surface area contributed by atoms with Crippen molar-refractivity contribution in [3.8, 4) is 0 Å². The van der Waals surface area contributed by atoms with Crippen molar-refractivity contribution in [3.63, 3.8) is 0 Å². The van der Waals surface area contributed by atoms with E-state index < -0.39 is 0 Å². The van der Waals surface area contributed by atoms with E-state index in [0.29, 0.717) is 13.1 Å². The van der Waals surface area contributed by atoms with Crippen molar-refractivity contribution < 1.29 is 9.59 Å². The maximum absolute atomic E-state index is 12.3. The highest BCUT2D eigenvalue weighted by Crippen LogP contribution is 2.12. The number of carbonyl (C=O) groups excluding carboxylic acids is 2. The first-order valence-electron chi connectivity index (χ1n) is 6.68. The predicted octanol–water partition coefficient (Wildman–Crippen LogP) is 1.42. The zero-order valence-electron chi connectivity index (χ0n) is 11.5. The number of rotatable bonds is 3. The molecule has 1 aromatic rings. The van der Waals surface area contributed by atoms with Gasteiger partial charge in [-0.15, -0.1) is 0 Å². The van der Waals surface area contributed by atoms with E-state index in [-0.39, 0.29) is 17.7 Å². The maximum atomic E-state index is 12.3. The van der Waals surface area contributed by atoms with Crippen LogP contribution in [0.1, 0.15) is 24.2 Å². The Morgan fingerprint density at radius 3 is 2.16 bits per heavy atom. The lowest BCUT2D eigenvalue weighted by Gasteiger charge is -2.37. The summed E-state index contributed by atoms with van der Waals surface area (Å²) in [5, 5.41) is 0. The van der Waals surface area contributed by atoms with Crippen LogP contribution in [0.3, 0.4) is 0 Å². The fraction of sp³-hybridized carbons (Fsp3) is 0.467. The lowest BCUT2D eigenvalue weighted by molar-refractivity contribution is -0.130. The van der Waals surface area contributed by atoms with E-state index in [0.717, 1.165) is 18.7 Å². The second-order valence-corrected chi connectivity index (χ2v) is 4.95. The van der Waals surface area contributed by atoms with Gasteiger partial charge in [0.25, 0.3) is 0 Å². The van der Waals surface area contributed by atoms with E-state index in [1.807, 2.05) is 42.2 Å². The highest BCUT2D eigenvalue weighted by Gasteiger charge is 2.26. The number of carbonyl (C=O) groups is 2. The minimum Gasteiger partial charge on any atom is -0.340 e. The SMILES string of the molecule is CC(=O)N1CCN(C(C)C(=O)c2ccccc2)CC1. The van der Waals surface area contributed by atoms with Crippen molar-refractivity contribution >= 4 is 11.7 Å². The van der Waals surface area contributed by atoms with Crippen LogP contribution in [0.5, 0.6) is 0 Å². The third-order valence-corrected chi connectivity index (χ3v) is 3.75. The van der Waals surface area contributed by atoms with Gasteiger partial charge in [-0.1, -0.05) is 30.3 Å². The minimum absolute atomic E-state index is 0.113. The van der Waals surface area contributed by atoms with Crippen LogP contribution in [0.2, 0.25) is 0 Å². The van der Waals surface area contributed by atoms with Gasteiger partial charge in [-0.25, -0.2) is 0 Å². The number of nitrogens with zero attached hydrogens (tertiary/aromatic N) is 2. The van der Waals surface area contributed by atoms with Gasteiger partial charge in [0.1, 0.15) is 0 Å². The molecule has 0 spiro atoms. The van der Waals surface area contributed by atoms with E-state index in [1.165, 1.54) is 0 Å². The Kier molecular flexibility index (Phi) is 4.32. The van der Waals surface area contributed by atoms with Crippen molar-refractivity contribution in [2.24, 2.45) is 0 Å². The monoisotopic (exact) mass is 260 g/mol. The summed E-state index contributed by atoms with van der Waals surface area (Å²) in [6.45, 7) is 6.48. The molecule has 1 aliphatic heterocycles. The van der Waals surface area contributed by atoms with Crippen molar-refractivity contribution in [2.45, 2.75) is 19.9 Å². The molecule has 19 heavy (non-hydrogen) atoms. The topological polar surface area (TPSA) is 40.6 Å². The number of ketones is 1. The first-order valence-corrected chi connectivity index (χ1v) is 6.68. The van der Waals surface area contributed by atoms with Crippen LogP contribution in [-0.2, 0) is 4.79 Å². The summed E-state index contributed by atoms with van der Waals surface area (Å²) in [4.78, 5) is 27.6. The molecule has 1 heterocycles. The smallest absolute Gasteiger partial charge is 0.219 e. The Morgan fingerprint density at radius 1 is 1.05 bits per heavy atom. The number of benzene rings is 1. The molecule has 1 aliphatic rings. The Balaban J connectivity index is 1.96. The summed E-state index contributed by atoms with van der Waals surface area (Å²) in [6.07, 6.45) is 0. The molecular formula is C15H20N2O2. The standard InChI is InChI=1S/C15H20N2O2/c1-12(15(19)14-6-4-3-5-7-14)16-8-10-17(11-9-16)13(2)18/h3-7,12H,8-11H2,1-2H3. The first-order chi connectivity index (χ1) is 9.09. The lowest BCUT2D eigenvalue weighted by atomic mass is 10.0. The summed E-state index contributed by atoms with van der Waals surface area (Å²) < 4.78 is 0. The third-order valence-electron chi connectivity index (χ3n) is 3.75. The fourth-order valence-electron chi connectivity index (χ4n) is 2.43. The van der Waals surface area contributed by atoms with E-state index in [1.54, 1.807) is 6.92 Å². The van der Waals surface area contributed by atoms with Crippen LogP contribution in [0.15, 0.2) is 30.3 Å². The number of Topliss-reactive ketones (excluding diaryl/α,β-unsaturated/α-hetero) is 1. The number of piperazine rings is 1. The van der Waals surface area contributed by atoms with Crippen LogP contribution in [0.25, 0.3) is 0 Å². The predicted molar refractivity (Wildman–Crippen MR) is 74.1 cm³/mol. The van der Waals surface area contributed by atoms with Gasteiger partial charge in [0.05, 0.1) is 6.04 Å². The van der Waals surface area contributed by atoms with Gasteiger partial charge in [-0.3, -0.25) is 14.5 Å². The Morgan fingerprint density at radius 2 is 1.63 bits per heavy atom. The Labute approximate surface area is 114 Å². The van der Waals surface area contributed by atoms with Crippen LogP contribution < -0.4 is 0 Å². The van der Waals surface area contributed by atoms with E-state index >= 15 is 0 Å². The molecule has 0 aliphatic carbocycles. The molecule has 2 rings (SSSR count). The van der Waals surface area contributed by atoms with E-state index in [9.17, 15) is 9.59 Å². The number of hydrogen-bond acceptors (Lipinski definition) is 3. The molecule has 4 heteroatoms. The van der Waals surface area contributed by atoms with Gasteiger partial charge < -0.3 is 4.90 Å². The van der Waals surface area contributed by atoms with Gasteiger partial charge >= 0.3 is 0 Å². The second kappa shape index (κ2) is 5.97. The van der Waals surface area contributed by atoms with Gasteiger partial charge in [0.15, 0.2) is 5.78 Å². The molecule has 1 atom stereocenters. The highest BCUT2D eigenvalue weighted by atomic mass is 16.2. The van der Waals surface area contributed by atoms with Crippen molar-refractivity contribution in [1.82, 2.24) is 9.80 Å². The Hall–Kier alpha value is -1.68. The lowest BCUT2D eigenvalue weighted by Crippen LogP contribution is -2.52. The normalized spacial score (nSPS) is 18.1. The number of amides is 1. The van der Waals surface area contributed by atoms with E-state index in [2.05, 4.69) is 4.90 Å². The summed E-state index contributed by atoms with van der Waals surface area (Å²) in [5.74, 6) is 0.263. The third kappa shape index (κ3) is 3.20. The zero-order valence-corrected chi connectivity index (χ0v) is 11.5. The molecule has 102 valence electrons. The molecule has 0 N–H and O–H groups in total. The molecule has 0 aromatic heterocycles. The zero-order chi connectivity index (χ0) is 13.8. The molecular weight excluding hydrogens is 240 g/mol. The minimum atomic E-state index is -0.128. The van der Waals surface area contributed by atoms with Crippen LogP contribution >= 0.6 is 0 Å². The van der Waals surface area contributed by atoms with Gasteiger partial charge in [0.2, 0.25) is 5.91 Å². The maximum Gasteiger partial charge on any atom is 0.219 e. The molecule has 0 saturated carbocycles. The summed E-state index contributed by atoms with van der Waals surface area (Å²) in [7, 11) is 0. The van der Waals surface area contributed by atoms with Gasteiger partial charge in [-0.2, -0.15) is 0 Å². The second-order valence-electron chi connectivity index (χ2n) is 4.95. The van der Waals surface area contributed by atoms with Crippen LogP contribution in [-0.4, -0.2) is 53.7 Å². The molecule has 1 unspecified atom stereocenters. The average Bonchev–Trinajstić information content (AvgIpc) is 2.46. The number of hydrogen-bond donors (Lipinski definition) is 0. The first kappa shape index (κ1) is 13.7. The van der Waals surface area contributed by atoms with E-state index in [4.69, 9.17) is 0 Å². The molecule has 1 aromatic carbocycles. The molecule has 1 amide bonds. The Bertz CT molecular complexity index is 450. The van der Waals surface area contributed by atoms with Crippen LogP contribution in [0.4, 0.5) is 0 Å². The molecule has 0 radical (unpaired) electrons. The summed E-state index contributed by atoms with van der Waals surface area (Å²) in [6, 6.07) is 9.25. The molecule has 4 nitrogen and oxygen atoms in total. The summed E-state index contributed by atoms with van der Waals surface area (Å²) in [5.41, 5.74) is 0.754. The van der Waals surface area contributed by atoms with Crippen molar-refractivity contribution in [2.75, 3.05) is 26.2 Å². The molecule has 1 saturated heterocycles. The quantitative estimate of drug-likeness (QED) is 0.772.